The van der Waals surface area contributed by atoms with Crippen LogP contribution in [0, 0.1) is 0 Å². The molecule has 0 radical (unpaired) electrons. The summed E-state index contributed by atoms with van der Waals surface area (Å²) in [6, 6.07) is 7.34. The van der Waals surface area contributed by atoms with Crippen LogP contribution in [-0.2, 0) is 4.79 Å². The Hall–Kier alpha value is -0.850. The van der Waals surface area contributed by atoms with E-state index in [0.717, 1.165) is 0 Å². The summed E-state index contributed by atoms with van der Waals surface area (Å²) in [5.41, 5.74) is 0.609. The molecule has 1 aromatic carbocycles. The van der Waals surface area contributed by atoms with Gasteiger partial charge in [-0.05, 0) is 6.26 Å². The number of thioether (sulfide) groups is 1. The Balaban J connectivity index is 2.90. The van der Waals surface area contributed by atoms with E-state index in [1.54, 1.807) is 23.9 Å². The van der Waals surface area contributed by atoms with Crippen molar-refractivity contribution < 1.29 is 4.79 Å². The third-order valence-electron chi connectivity index (χ3n) is 1.21. The second-order valence-corrected chi connectivity index (χ2v) is 2.71. The summed E-state index contributed by atoms with van der Waals surface area (Å²) in [5, 5.41) is 0. The lowest BCUT2D eigenvalue weighted by Crippen LogP contribution is -1.77. The molecule has 0 aliphatic carbocycles. The summed E-state index contributed by atoms with van der Waals surface area (Å²) in [6.45, 7) is 0. The normalized spacial score (nSPS) is 8.90. The van der Waals surface area contributed by atoms with E-state index in [9.17, 15) is 4.79 Å². The van der Waals surface area contributed by atoms with Gasteiger partial charge in [-0.3, -0.25) is 0 Å². The van der Waals surface area contributed by atoms with Crippen LogP contribution in [0.5, 0.6) is 0 Å². The minimum absolute atomic E-state index is 0.609. The molecule has 0 aliphatic rings. The molecular weight excluding hydrogens is 144 g/mol. The van der Waals surface area contributed by atoms with Crippen LogP contribution in [0.25, 0.3) is 0 Å². The maximum atomic E-state index is 10.1. The van der Waals surface area contributed by atoms with Gasteiger partial charge in [0.1, 0.15) is 0 Å². The van der Waals surface area contributed by atoms with Gasteiger partial charge >= 0.3 is 6.29 Å². The first-order valence-electron chi connectivity index (χ1n) is 2.89. The van der Waals surface area contributed by atoms with Crippen molar-refractivity contribution >= 4 is 18.0 Å². The zero-order valence-corrected chi connectivity index (χ0v) is 6.44. The molecule has 2 heteroatoms. The van der Waals surface area contributed by atoms with Gasteiger partial charge in [0.15, 0.2) is 0 Å². The van der Waals surface area contributed by atoms with E-state index in [-0.39, 0.29) is 0 Å². The molecule has 0 unspecified atom stereocenters. The van der Waals surface area contributed by atoms with Crippen molar-refractivity contribution in [2.75, 3.05) is 6.26 Å². The molecule has 1 rings (SSSR count). The first-order valence-corrected chi connectivity index (χ1v) is 4.11. The van der Waals surface area contributed by atoms with Crippen LogP contribution < -0.4 is 0 Å². The van der Waals surface area contributed by atoms with Crippen molar-refractivity contribution in [2.24, 2.45) is 0 Å². The van der Waals surface area contributed by atoms with Crippen molar-refractivity contribution in [3.63, 3.8) is 0 Å². The van der Waals surface area contributed by atoms with Gasteiger partial charge < -0.3 is 0 Å². The minimum atomic E-state index is 0.609. The van der Waals surface area contributed by atoms with Gasteiger partial charge in [-0.1, -0.05) is 0 Å². The highest BCUT2D eigenvalue weighted by molar-refractivity contribution is 7.98. The van der Waals surface area contributed by atoms with Gasteiger partial charge in [-0.15, -0.1) is 16.6 Å². The van der Waals surface area contributed by atoms with Crippen molar-refractivity contribution in [1.29, 1.82) is 0 Å². The number of rotatable bonds is 2. The monoisotopic (exact) mass is 151 g/mol. The van der Waals surface area contributed by atoms with Gasteiger partial charge in [0.05, 0.1) is 12.1 Å². The van der Waals surface area contributed by atoms with Crippen molar-refractivity contribution in [1.82, 2.24) is 0 Å². The number of carbonyl (C=O) groups excluding carboxylic acids is 1. The SMILES string of the molecule is CSc1ccc([C+]=O)cc1. The Morgan fingerprint density at radius 1 is 1.30 bits per heavy atom. The van der Waals surface area contributed by atoms with Gasteiger partial charge in [-0.2, -0.15) is 0 Å². The summed E-state index contributed by atoms with van der Waals surface area (Å²) >= 11 is 1.66. The second kappa shape index (κ2) is 3.35. The first kappa shape index (κ1) is 7.26. The average molecular weight is 151 g/mol. The summed E-state index contributed by atoms with van der Waals surface area (Å²) < 4.78 is 0. The first-order chi connectivity index (χ1) is 4.86. The zero-order valence-electron chi connectivity index (χ0n) is 5.63. The Labute approximate surface area is 64.4 Å². The molecule has 0 N–H and O–H groups in total. The molecule has 0 bridgehead atoms. The van der Waals surface area contributed by atoms with Crippen LogP contribution in [-0.4, -0.2) is 12.5 Å². The zero-order chi connectivity index (χ0) is 7.40. The summed E-state index contributed by atoms with van der Waals surface area (Å²) in [6.07, 6.45) is 3.82. The van der Waals surface area contributed by atoms with Crippen molar-refractivity contribution in [2.45, 2.75) is 4.90 Å². The highest BCUT2D eigenvalue weighted by atomic mass is 32.2. The molecule has 0 heterocycles. The van der Waals surface area contributed by atoms with Crippen molar-refractivity contribution in [3.05, 3.63) is 29.8 Å². The topological polar surface area (TPSA) is 17.1 Å². The van der Waals surface area contributed by atoms with E-state index >= 15 is 0 Å². The maximum Gasteiger partial charge on any atom is 0.303 e. The molecule has 1 aromatic rings. The fourth-order valence-corrected chi connectivity index (χ4v) is 1.07. The average Bonchev–Trinajstić information content (AvgIpc) is 2.05. The smallest absolute Gasteiger partial charge is 0.141 e. The van der Waals surface area contributed by atoms with Crippen LogP contribution in [0.2, 0.25) is 0 Å². The van der Waals surface area contributed by atoms with Crippen LogP contribution in [0.4, 0.5) is 0 Å². The van der Waals surface area contributed by atoms with Crippen LogP contribution in [0.1, 0.15) is 5.56 Å². The molecule has 1 nitrogen and oxygen atoms in total. The Morgan fingerprint density at radius 2 is 1.90 bits per heavy atom. The molecule has 0 atom stereocenters. The van der Waals surface area contributed by atoms with E-state index in [4.69, 9.17) is 0 Å². The quantitative estimate of drug-likeness (QED) is 0.474. The van der Waals surface area contributed by atoms with E-state index in [1.807, 2.05) is 24.7 Å². The molecule has 50 valence electrons. The number of benzene rings is 1. The third-order valence-corrected chi connectivity index (χ3v) is 1.95. The van der Waals surface area contributed by atoms with Gasteiger partial charge in [0.2, 0.25) is 5.56 Å². The Morgan fingerprint density at radius 3 is 2.30 bits per heavy atom. The fraction of sp³-hybridized carbons (Fsp3) is 0.125. The Bertz CT molecular complexity index is 215. The third kappa shape index (κ3) is 1.56. The van der Waals surface area contributed by atoms with Gasteiger partial charge in [0, 0.05) is 17.0 Å². The standard InChI is InChI=1S/C8H7OS/c1-10-8-4-2-7(6-9)3-5-8/h2-5H,1H3/q+1. The van der Waals surface area contributed by atoms with E-state index < -0.39 is 0 Å². The fourth-order valence-electron chi connectivity index (χ4n) is 0.659. The van der Waals surface area contributed by atoms with Crippen LogP contribution in [0.3, 0.4) is 0 Å². The Kier molecular flexibility index (Phi) is 2.43. The predicted octanol–water partition coefficient (Wildman–Crippen LogP) is 1.87. The lowest BCUT2D eigenvalue weighted by atomic mass is 10.2. The van der Waals surface area contributed by atoms with E-state index in [1.165, 1.54) is 4.90 Å². The summed E-state index contributed by atoms with van der Waals surface area (Å²) in [7, 11) is 0. The second-order valence-electron chi connectivity index (χ2n) is 1.83. The molecule has 0 aromatic heterocycles. The van der Waals surface area contributed by atoms with Gasteiger partial charge in [-0.25, -0.2) is 0 Å². The molecule has 10 heavy (non-hydrogen) atoms. The van der Waals surface area contributed by atoms with E-state index in [2.05, 4.69) is 0 Å². The van der Waals surface area contributed by atoms with E-state index in [0.29, 0.717) is 5.56 Å². The molecule has 0 saturated carbocycles. The molecule has 0 fully saturated rings. The van der Waals surface area contributed by atoms with Crippen LogP contribution in [0.15, 0.2) is 29.2 Å². The molecule has 0 saturated heterocycles. The summed E-state index contributed by atoms with van der Waals surface area (Å²) in [4.78, 5) is 11.2. The molecule has 0 amide bonds. The minimum Gasteiger partial charge on any atom is -0.141 e. The largest absolute Gasteiger partial charge is 0.303 e. The lowest BCUT2D eigenvalue weighted by molar-refractivity contribution is 0.562. The van der Waals surface area contributed by atoms with Crippen LogP contribution >= 0.6 is 11.8 Å². The highest BCUT2D eigenvalue weighted by Crippen LogP contribution is 2.13. The number of hydrogen-bond acceptors (Lipinski definition) is 2. The van der Waals surface area contributed by atoms with Gasteiger partial charge in [0.25, 0.3) is 0 Å². The predicted molar refractivity (Wildman–Crippen MR) is 43.0 cm³/mol. The molecule has 0 aliphatic heterocycles. The van der Waals surface area contributed by atoms with Crippen molar-refractivity contribution in [3.8, 4) is 0 Å². The highest BCUT2D eigenvalue weighted by Gasteiger charge is 1.99. The maximum absolute atomic E-state index is 10.1. The number of hydrogen-bond donors (Lipinski definition) is 0. The molecular formula is C8H7OS+. The lowest BCUT2D eigenvalue weighted by Gasteiger charge is -1.86. The summed E-state index contributed by atoms with van der Waals surface area (Å²) in [5.74, 6) is 0. The molecule has 0 spiro atoms.